The van der Waals surface area contributed by atoms with Crippen molar-refractivity contribution >= 4 is 18.3 Å². The zero-order valence-electron chi connectivity index (χ0n) is 10.6. The average Bonchev–Trinajstić information content (AvgIpc) is 2.37. The summed E-state index contributed by atoms with van der Waals surface area (Å²) < 4.78 is 10.5. The van der Waals surface area contributed by atoms with Gasteiger partial charge in [-0.15, -0.1) is 12.4 Å². The van der Waals surface area contributed by atoms with E-state index in [0.717, 1.165) is 6.54 Å². The number of para-hydroxylation sites is 2. The maximum Gasteiger partial charge on any atom is 0.257 e. The molecule has 0 aliphatic carbocycles. The van der Waals surface area contributed by atoms with Gasteiger partial charge >= 0.3 is 0 Å². The maximum absolute atomic E-state index is 11.4. The third kappa shape index (κ3) is 5.75. The third-order valence-corrected chi connectivity index (χ3v) is 2.13. The lowest BCUT2D eigenvalue weighted by atomic mass is 10.3. The Hall–Kier alpha value is -1.46. The molecule has 1 amide bonds. The molecule has 0 spiro atoms. The molecule has 2 N–H and O–H groups in total. The minimum absolute atomic E-state index is 0. The zero-order chi connectivity index (χ0) is 12.5. The summed E-state index contributed by atoms with van der Waals surface area (Å²) in [4.78, 5) is 11.4. The van der Waals surface area contributed by atoms with Gasteiger partial charge in [-0.1, -0.05) is 12.1 Å². The molecule has 1 rings (SSSR count). The summed E-state index contributed by atoms with van der Waals surface area (Å²) in [5.41, 5.74) is 0. The van der Waals surface area contributed by atoms with Crippen molar-refractivity contribution < 1.29 is 14.3 Å². The van der Waals surface area contributed by atoms with Crippen LogP contribution in [0.25, 0.3) is 0 Å². The summed E-state index contributed by atoms with van der Waals surface area (Å²) >= 11 is 0. The van der Waals surface area contributed by atoms with Crippen LogP contribution < -0.4 is 20.1 Å². The van der Waals surface area contributed by atoms with Crippen LogP contribution in [0.2, 0.25) is 0 Å². The van der Waals surface area contributed by atoms with Crippen molar-refractivity contribution in [1.82, 2.24) is 10.6 Å². The molecular formula is C12H19ClN2O3. The summed E-state index contributed by atoms with van der Waals surface area (Å²) in [5.74, 6) is 1.04. The van der Waals surface area contributed by atoms with E-state index in [9.17, 15) is 4.79 Å². The standard InChI is InChI=1S/C12H18N2O3.ClH/c1-13-7-8-14-12(15)9-17-11-6-4-3-5-10(11)16-2;/h3-6,13H,7-9H2,1-2H3,(H,14,15);1H. The van der Waals surface area contributed by atoms with Gasteiger partial charge in [0.25, 0.3) is 5.91 Å². The van der Waals surface area contributed by atoms with E-state index in [4.69, 9.17) is 9.47 Å². The monoisotopic (exact) mass is 274 g/mol. The molecule has 0 atom stereocenters. The largest absolute Gasteiger partial charge is 0.493 e. The lowest BCUT2D eigenvalue weighted by Crippen LogP contribution is -2.33. The van der Waals surface area contributed by atoms with Gasteiger partial charge in [0, 0.05) is 13.1 Å². The molecule has 1 aromatic carbocycles. The SMILES string of the molecule is CNCCNC(=O)COc1ccccc1OC.Cl. The number of likely N-dealkylation sites (N-methyl/N-ethyl adjacent to an activating group) is 1. The van der Waals surface area contributed by atoms with Crippen molar-refractivity contribution in [3.05, 3.63) is 24.3 Å². The Morgan fingerprint density at radius 3 is 2.50 bits per heavy atom. The summed E-state index contributed by atoms with van der Waals surface area (Å²) in [6, 6.07) is 7.23. The molecule has 0 aliphatic heterocycles. The first-order valence-electron chi connectivity index (χ1n) is 5.45. The van der Waals surface area contributed by atoms with Gasteiger partial charge in [-0.25, -0.2) is 0 Å². The fourth-order valence-corrected chi connectivity index (χ4v) is 1.26. The second kappa shape index (κ2) is 9.56. The first kappa shape index (κ1) is 16.5. The number of rotatable bonds is 7. The van der Waals surface area contributed by atoms with Crippen molar-refractivity contribution in [2.24, 2.45) is 0 Å². The molecular weight excluding hydrogens is 256 g/mol. The highest BCUT2D eigenvalue weighted by Gasteiger charge is 2.05. The number of ether oxygens (including phenoxy) is 2. The molecule has 1 aromatic rings. The van der Waals surface area contributed by atoms with E-state index < -0.39 is 0 Å². The Balaban J connectivity index is 0.00000289. The Bertz CT molecular complexity index is 361. The topological polar surface area (TPSA) is 59.6 Å². The molecule has 0 aromatic heterocycles. The van der Waals surface area contributed by atoms with Gasteiger partial charge in [-0.05, 0) is 19.2 Å². The third-order valence-electron chi connectivity index (χ3n) is 2.13. The zero-order valence-corrected chi connectivity index (χ0v) is 11.4. The van der Waals surface area contributed by atoms with Gasteiger partial charge < -0.3 is 20.1 Å². The van der Waals surface area contributed by atoms with Gasteiger partial charge in [0.2, 0.25) is 0 Å². The number of amides is 1. The molecule has 5 nitrogen and oxygen atoms in total. The smallest absolute Gasteiger partial charge is 0.257 e. The lowest BCUT2D eigenvalue weighted by Gasteiger charge is -2.10. The normalized spacial score (nSPS) is 9.22. The number of methoxy groups -OCH3 is 1. The lowest BCUT2D eigenvalue weighted by molar-refractivity contribution is -0.123. The van der Waals surface area contributed by atoms with Crippen LogP contribution in [0, 0.1) is 0 Å². The number of hydrogen-bond donors (Lipinski definition) is 2. The van der Waals surface area contributed by atoms with E-state index in [1.165, 1.54) is 0 Å². The van der Waals surface area contributed by atoms with Crippen LogP contribution in [0.4, 0.5) is 0 Å². The Labute approximate surface area is 113 Å². The van der Waals surface area contributed by atoms with Crippen molar-refractivity contribution in [2.45, 2.75) is 0 Å². The predicted octanol–water partition coefficient (Wildman–Crippen LogP) is 0.831. The first-order valence-corrected chi connectivity index (χ1v) is 5.45. The van der Waals surface area contributed by atoms with Crippen molar-refractivity contribution in [2.75, 3.05) is 33.9 Å². The van der Waals surface area contributed by atoms with E-state index >= 15 is 0 Å². The van der Waals surface area contributed by atoms with E-state index in [-0.39, 0.29) is 24.9 Å². The predicted molar refractivity (Wildman–Crippen MR) is 72.7 cm³/mol. The van der Waals surface area contributed by atoms with Gasteiger partial charge in [0.1, 0.15) is 0 Å². The molecule has 0 unspecified atom stereocenters. The molecule has 6 heteroatoms. The fourth-order valence-electron chi connectivity index (χ4n) is 1.26. The fraction of sp³-hybridized carbons (Fsp3) is 0.417. The number of carbonyl (C=O) groups is 1. The van der Waals surface area contributed by atoms with Crippen molar-refractivity contribution in [3.8, 4) is 11.5 Å². The average molecular weight is 275 g/mol. The molecule has 0 fully saturated rings. The summed E-state index contributed by atoms with van der Waals surface area (Å²) in [6.07, 6.45) is 0. The van der Waals surface area contributed by atoms with Crippen LogP contribution in [0.15, 0.2) is 24.3 Å². The number of nitrogens with one attached hydrogen (secondary N) is 2. The number of benzene rings is 1. The molecule has 102 valence electrons. The second-order valence-corrected chi connectivity index (χ2v) is 3.39. The van der Waals surface area contributed by atoms with Crippen LogP contribution in [0.3, 0.4) is 0 Å². The molecule has 0 saturated heterocycles. The van der Waals surface area contributed by atoms with Crippen molar-refractivity contribution in [3.63, 3.8) is 0 Å². The quantitative estimate of drug-likeness (QED) is 0.723. The summed E-state index contributed by atoms with van der Waals surface area (Å²) in [6.45, 7) is 1.31. The molecule has 18 heavy (non-hydrogen) atoms. The van der Waals surface area contributed by atoms with Gasteiger partial charge in [0.05, 0.1) is 7.11 Å². The van der Waals surface area contributed by atoms with E-state index in [2.05, 4.69) is 10.6 Å². The molecule has 0 radical (unpaired) electrons. The minimum atomic E-state index is -0.147. The van der Waals surface area contributed by atoms with Crippen LogP contribution in [-0.2, 0) is 4.79 Å². The van der Waals surface area contributed by atoms with Gasteiger partial charge in [-0.3, -0.25) is 4.79 Å². The Morgan fingerprint density at radius 2 is 1.89 bits per heavy atom. The molecule has 0 saturated carbocycles. The van der Waals surface area contributed by atoms with Crippen LogP contribution in [-0.4, -0.2) is 39.8 Å². The van der Waals surface area contributed by atoms with E-state index in [1.807, 2.05) is 19.2 Å². The molecule has 0 bridgehead atoms. The second-order valence-electron chi connectivity index (χ2n) is 3.39. The highest BCUT2D eigenvalue weighted by Crippen LogP contribution is 2.25. The van der Waals surface area contributed by atoms with Crippen LogP contribution in [0.5, 0.6) is 11.5 Å². The molecule has 0 heterocycles. The van der Waals surface area contributed by atoms with E-state index in [1.54, 1.807) is 19.2 Å². The van der Waals surface area contributed by atoms with Crippen LogP contribution in [0.1, 0.15) is 0 Å². The Morgan fingerprint density at radius 1 is 1.22 bits per heavy atom. The van der Waals surface area contributed by atoms with E-state index in [0.29, 0.717) is 18.0 Å². The number of carbonyl (C=O) groups excluding carboxylic acids is 1. The molecule has 0 aliphatic rings. The minimum Gasteiger partial charge on any atom is -0.493 e. The summed E-state index contributed by atoms with van der Waals surface area (Å²) in [7, 11) is 3.40. The number of hydrogen-bond acceptors (Lipinski definition) is 4. The highest BCUT2D eigenvalue weighted by molar-refractivity contribution is 5.85. The summed E-state index contributed by atoms with van der Waals surface area (Å²) in [5, 5.41) is 5.66. The van der Waals surface area contributed by atoms with Gasteiger partial charge in [-0.2, -0.15) is 0 Å². The highest BCUT2D eigenvalue weighted by atomic mass is 35.5. The number of halogens is 1. The first-order chi connectivity index (χ1) is 8.27. The van der Waals surface area contributed by atoms with Gasteiger partial charge in [0.15, 0.2) is 18.1 Å². The Kier molecular flexibility index (Phi) is 8.78. The van der Waals surface area contributed by atoms with Crippen LogP contribution >= 0.6 is 12.4 Å². The van der Waals surface area contributed by atoms with Crippen molar-refractivity contribution in [1.29, 1.82) is 0 Å². The maximum atomic E-state index is 11.4.